The number of carbonyl (C=O) groups excluding carboxylic acids is 1. The maximum absolute atomic E-state index is 11.7. The van der Waals surface area contributed by atoms with Crippen LogP contribution in [0.5, 0.6) is 0 Å². The Kier molecular flexibility index (Phi) is 14.2. The number of hydrogen-bond acceptors (Lipinski definition) is 6. The number of phosphoric acid groups is 1. The fraction of sp³-hybridized carbons (Fsp3) is 0.762. The van der Waals surface area contributed by atoms with Gasteiger partial charge in [-0.25, -0.2) is 4.57 Å². The quantitative estimate of drug-likeness (QED) is 0.0950. The highest BCUT2D eigenvalue weighted by Gasteiger charge is 2.36. The minimum Gasteiger partial charge on any atom is -0.457 e. The largest absolute Gasteiger partial charge is 0.469 e. The Hall–Kier alpha value is -1.02. The van der Waals surface area contributed by atoms with Crippen molar-refractivity contribution in [1.29, 1.82) is 0 Å². The first-order valence-corrected chi connectivity index (χ1v) is 12.3. The molecule has 8 nitrogen and oxygen atoms in total. The lowest BCUT2D eigenvalue weighted by Gasteiger charge is -2.15. The van der Waals surface area contributed by atoms with Crippen molar-refractivity contribution in [1.82, 2.24) is 0 Å². The number of hydrogen-bond donors (Lipinski definition) is 3. The number of allylic oxidation sites excluding steroid dienone is 3. The lowest BCUT2D eigenvalue weighted by Crippen LogP contribution is -2.26. The Bertz CT molecular complexity index is 571. The van der Waals surface area contributed by atoms with Crippen LogP contribution in [0, 0.1) is 0 Å². The van der Waals surface area contributed by atoms with Gasteiger partial charge in [-0.2, -0.15) is 0 Å². The van der Waals surface area contributed by atoms with Crippen molar-refractivity contribution in [2.75, 3.05) is 13.2 Å². The van der Waals surface area contributed by atoms with Gasteiger partial charge in [0, 0.05) is 6.42 Å². The molecule has 1 fully saturated rings. The van der Waals surface area contributed by atoms with Crippen LogP contribution in [-0.4, -0.2) is 52.4 Å². The number of esters is 1. The van der Waals surface area contributed by atoms with Crippen LogP contribution in [0.4, 0.5) is 0 Å². The molecule has 1 rings (SSSR count). The summed E-state index contributed by atoms with van der Waals surface area (Å²) in [6.07, 6.45) is 17.6. The van der Waals surface area contributed by atoms with E-state index in [0.29, 0.717) is 18.6 Å². The van der Waals surface area contributed by atoms with E-state index >= 15 is 0 Å². The summed E-state index contributed by atoms with van der Waals surface area (Å²) in [6.45, 7) is 1.03. The van der Waals surface area contributed by atoms with Crippen LogP contribution in [0.15, 0.2) is 24.3 Å². The molecule has 0 saturated carbocycles. The lowest BCUT2D eigenvalue weighted by atomic mass is 10.1. The minimum atomic E-state index is -4.65. The summed E-state index contributed by atoms with van der Waals surface area (Å²) in [6, 6.07) is 0. The van der Waals surface area contributed by atoms with Gasteiger partial charge in [0.25, 0.3) is 0 Å². The molecule has 30 heavy (non-hydrogen) atoms. The van der Waals surface area contributed by atoms with Gasteiger partial charge in [0.1, 0.15) is 6.10 Å². The van der Waals surface area contributed by atoms with E-state index in [2.05, 4.69) is 35.8 Å². The number of rotatable bonds is 18. The van der Waals surface area contributed by atoms with Crippen LogP contribution in [0.3, 0.4) is 0 Å². The number of unbranched alkanes of at least 4 members (excludes halogenated alkanes) is 4. The first kappa shape index (κ1) is 27.0. The van der Waals surface area contributed by atoms with E-state index in [0.717, 1.165) is 51.4 Å². The number of epoxide rings is 1. The van der Waals surface area contributed by atoms with E-state index in [-0.39, 0.29) is 6.42 Å². The van der Waals surface area contributed by atoms with Gasteiger partial charge < -0.3 is 24.4 Å². The zero-order valence-corrected chi connectivity index (χ0v) is 18.8. The molecule has 0 bridgehead atoms. The van der Waals surface area contributed by atoms with Gasteiger partial charge in [-0.1, -0.05) is 56.9 Å². The molecular formula is C21H37O8P. The van der Waals surface area contributed by atoms with Crippen LogP contribution >= 0.6 is 7.82 Å². The molecule has 1 aliphatic heterocycles. The SMILES string of the molecule is CC/C=C\C/C=C\CC1OC1CCCCCCCC(=O)OC(CO)COP(=O)(O)O. The molecule has 3 atom stereocenters. The number of ether oxygens (including phenoxy) is 2. The van der Waals surface area contributed by atoms with E-state index in [1.165, 1.54) is 0 Å². The average molecular weight is 448 g/mol. The zero-order valence-electron chi connectivity index (χ0n) is 17.9. The summed E-state index contributed by atoms with van der Waals surface area (Å²) in [5.74, 6) is -0.504. The second-order valence-corrected chi connectivity index (χ2v) is 8.66. The number of carbonyl (C=O) groups is 1. The molecule has 0 radical (unpaired) electrons. The van der Waals surface area contributed by atoms with Crippen molar-refractivity contribution in [3.05, 3.63) is 24.3 Å². The van der Waals surface area contributed by atoms with Crippen LogP contribution in [-0.2, 0) is 23.4 Å². The van der Waals surface area contributed by atoms with Crippen LogP contribution < -0.4 is 0 Å². The lowest BCUT2D eigenvalue weighted by molar-refractivity contribution is -0.153. The van der Waals surface area contributed by atoms with E-state index in [9.17, 15) is 9.36 Å². The van der Waals surface area contributed by atoms with Gasteiger partial charge in [0.15, 0.2) is 0 Å². The molecule has 0 aromatic rings. The van der Waals surface area contributed by atoms with Crippen molar-refractivity contribution < 1.29 is 38.3 Å². The molecule has 0 spiro atoms. The van der Waals surface area contributed by atoms with Crippen molar-refractivity contribution >= 4 is 13.8 Å². The number of aliphatic hydroxyl groups is 1. The van der Waals surface area contributed by atoms with Gasteiger partial charge in [-0.05, 0) is 32.1 Å². The third-order valence-corrected chi connectivity index (χ3v) is 5.18. The molecule has 1 saturated heterocycles. The van der Waals surface area contributed by atoms with Gasteiger partial charge in [0.05, 0.1) is 25.4 Å². The van der Waals surface area contributed by atoms with Crippen molar-refractivity contribution in [3.8, 4) is 0 Å². The third-order valence-electron chi connectivity index (χ3n) is 4.70. The third kappa shape index (κ3) is 14.9. The summed E-state index contributed by atoms with van der Waals surface area (Å²) in [4.78, 5) is 29.0. The average Bonchev–Trinajstić information content (AvgIpc) is 3.44. The second-order valence-electron chi connectivity index (χ2n) is 7.42. The molecule has 3 N–H and O–H groups in total. The molecule has 9 heteroatoms. The van der Waals surface area contributed by atoms with Gasteiger partial charge in [0.2, 0.25) is 0 Å². The zero-order chi connectivity index (χ0) is 22.2. The maximum Gasteiger partial charge on any atom is 0.469 e. The number of aliphatic hydroxyl groups excluding tert-OH is 1. The summed E-state index contributed by atoms with van der Waals surface area (Å²) in [5.41, 5.74) is 0. The fourth-order valence-corrected chi connectivity index (χ4v) is 3.36. The predicted octanol–water partition coefficient (Wildman–Crippen LogP) is 3.80. The van der Waals surface area contributed by atoms with Crippen LogP contribution in [0.2, 0.25) is 0 Å². The molecule has 0 aromatic carbocycles. The van der Waals surface area contributed by atoms with Crippen LogP contribution in [0.25, 0.3) is 0 Å². The van der Waals surface area contributed by atoms with E-state index < -0.39 is 33.1 Å². The monoisotopic (exact) mass is 448 g/mol. The Morgan fingerprint density at radius 2 is 1.77 bits per heavy atom. The van der Waals surface area contributed by atoms with E-state index in [1.54, 1.807) is 0 Å². The molecular weight excluding hydrogens is 411 g/mol. The molecule has 174 valence electrons. The smallest absolute Gasteiger partial charge is 0.457 e. The van der Waals surface area contributed by atoms with Crippen molar-refractivity contribution in [2.45, 2.75) is 89.4 Å². The molecule has 1 aliphatic rings. The standard InChI is InChI=1S/C21H37O8P/c1-2-3-4-5-7-10-13-19-20(29-19)14-11-8-6-9-12-15-21(23)28-18(16-22)17-27-30(24,25)26/h3-4,7,10,18-20,22H,2,5-6,8-9,11-17H2,1H3,(H2,24,25,26)/b4-3-,10-7-. The van der Waals surface area contributed by atoms with Crippen LogP contribution in [0.1, 0.15) is 71.1 Å². The van der Waals surface area contributed by atoms with Gasteiger partial charge >= 0.3 is 13.8 Å². The van der Waals surface area contributed by atoms with Gasteiger partial charge in [-0.3, -0.25) is 9.32 Å². The number of phosphoric ester groups is 1. The van der Waals surface area contributed by atoms with Crippen molar-refractivity contribution in [3.63, 3.8) is 0 Å². The second kappa shape index (κ2) is 15.7. The van der Waals surface area contributed by atoms with E-state index in [4.69, 9.17) is 24.4 Å². The molecule has 1 heterocycles. The normalized spacial score (nSPS) is 20.1. The van der Waals surface area contributed by atoms with E-state index in [1.807, 2.05) is 0 Å². The maximum atomic E-state index is 11.7. The molecule has 0 aliphatic carbocycles. The highest BCUT2D eigenvalue weighted by atomic mass is 31.2. The molecule has 3 unspecified atom stereocenters. The van der Waals surface area contributed by atoms with Gasteiger partial charge in [-0.15, -0.1) is 0 Å². The first-order chi connectivity index (χ1) is 14.4. The Labute approximate surface area is 179 Å². The summed E-state index contributed by atoms with van der Waals surface area (Å²) in [5, 5.41) is 9.07. The summed E-state index contributed by atoms with van der Waals surface area (Å²) < 4.78 is 25.5. The summed E-state index contributed by atoms with van der Waals surface area (Å²) >= 11 is 0. The highest BCUT2D eigenvalue weighted by molar-refractivity contribution is 7.46. The molecule has 0 amide bonds. The molecule has 0 aromatic heterocycles. The summed E-state index contributed by atoms with van der Waals surface area (Å²) in [7, 11) is -4.65. The predicted molar refractivity (Wildman–Crippen MR) is 114 cm³/mol. The Morgan fingerprint density at radius 3 is 2.47 bits per heavy atom. The fourth-order valence-electron chi connectivity index (χ4n) is 3.00. The van der Waals surface area contributed by atoms with Crippen molar-refractivity contribution in [2.24, 2.45) is 0 Å². The Balaban J connectivity index is 1.95. The minimum absolute atomic E-state index is 0.208. The Morgan fingerprint density at radius 1 is 1.07 bits per heavy atom. The first-order valence-electron chi connectivity index (χ1n) is 10.8. The highest BCUT2D eigenvalue weighted by Crippen LogP contribution is 2.35. The topological polar surface area (TPSA) is 126 Å².